The van der Waals surface area contributed by atoms with Crippen LogP contribution in [0.3, 0.4) is 0 Å². The number of ether oxygens (including phenoxy) is 1. The summed E-state index contributed by atoms with van der Waals surface area (Å²) < 4.78 is 5.37. The number of hydrogen-bond acceptors (Lipinski definition) is 3. The number of carbonyl (C=O) groups is 2. The number of carbonyl (C=O) groups excluding carboxylic acids is 2. The molecule has 2 aromatic rings. The van der Waals surface area contributed by atoms with E-state index in [1.165, 1.54) is 0 Å². The van der Waals surface area contributed by atoms with Crippen molar-refractivity contribution in [1.29, 1.82) is 0 Å². The van der Waals surface area contributed by atoms with Crippen LogP contribution >= 0.6 is 11.6 Å². The van der Waals surface area contributed by atoms with Crippen LogP contribution in [-0.4, -0.2) is 32.0 Å². The van der Waals surface area contributed by atoms with E-state index in [-0.39, 0.29) is 24.2 Å². The van der Waals surface area contributed by atoms with E-state index in [0.717, 1.165) is 22.6 Å². The van der Waals surface area contributed by atoms with Crippen LogP contribution in [0.1, 0.15) is 17.5 Å². The Morgan fingerprint density at radius 3 is 2.70 bits per heavy atom. The molecule has 0 bridgehead atoms. The van der Waals surface area contributed by atoms with E-state index in [9.17, 15) is 9.59 Å². The molecule has 1 heterocycles. The maximum Gasteiger partial charge on any atom is 0.227 e. The molecule has 1 aliphatic rings. The van der Waals surface area contributed by atoms with Crippen LogP contribution in [0.5, 0.6) is 5.75 Å². The monoisotopic (exact) mass is 386 g/mol. The standard InChI is InChI=1S/C21H23ClN2O3/c1-14-3-8-19(27-2)15(11-14)9-10-23-21(26)16-12-20(25)24(13-16)18-6-4-17(22)5-7-18/h3-8,11,16H,9-10,12-13H2,1-2H3,(H,23,26). The number of nitrogens with one attached hydrogen (secondary N) is 1. The Hall–Kier alpha value is -2.53. The second-order valence-corrected chi connectivity index (χ2v) is 7.17. The van der Waals surface area contributed by atoms with Crippen molar-refractivity contribution in [3.8, 4) is 5.75 Å². The average Bonchev–Trinajstić information content (AvgIpc) is 3.04. The van der Waals surface area contributed by atoms with Gasteiger partial charge >= 0.3 is 0 Å². The van der Waals surface area contributed by atoms with Gasteiger partial charge in [-0.2, -0.15) is 0 Å². The van der Waals surface area contributed by atoms with Gasteiger partial charge in [-0.3, -0.25) is 9.59 Å². The quantitative estimate of drug-likeness (QED) is 0.828. The summed E-state index contributed by atoms with van der Waals surface area (Å²) in [6, 6.07) is 13.1. The third-order valence-corrected chi connectivity index (χ3v) is 5.02. The van der Waals surface area contributed by atoms with Gasteiger partial charge in [0.15, 0.2) is 0 Å². The van der Waals surface area contributed by atoms with Crippen LogP contribution in [0.2, 0.25) is 5.02 Å². The van der Waals surface area contributed by atoms with Crippen molar-refractivity contribution in [2.75, 3.05) is 25.1 Å². The summed E-state index contributed by atoms with van der Waals surface area (Å²) in [5, 5.41) is 3.57. The molecule has 1 N–H and O–H groups in total. The Bertz CT molecular complexity index is 836. The minimum Gasteiger partial charge on any atom is -0.496 e. The molecule has 0 saturated carbocycles. The first kappa shape index (κ1) is 19.2. The molecule has 2 aromatic carbocycles. The molecule has 0 aliphatic carbocycles. The molecule has 0 spiro atoms. The number of nitrogens with zero attached hydrogens (tertiary/aromatic N) is 1. The highest BCUT2D eigenvalue weighted by Crippen LogP contribution is 2.26. The summed E-state index contributed by atoms with van der Waals surface area (Å²) in [4.78, 5) is 26.4. The molecule has 6 heteroatoms. The summed E-state index contributed by atoms with van der Waals surface area (Å²) in [7, 11) is 1.64. The van der Waals surface area contributed by atoms with Crippen molar-refractivity contribution in [3.05, 3.63) is 58.6 Å². The Kier molecular flexibility index (Phi) is 6.01. The number of aryl methyl sites for hydroxylation is 1. The van der Waals surface area contributed by atoms with Gasteiger partial charge < -0.3 is 15.0 Å². The molecule has 1 atom stereocenters. The predicted octanol–water partition coefficient (Wildman–Crippen LogP) is 3.37. The molecule has 0 aromatic heterocycles. The number of halogens is 1. The van der Waals surface area contributed by atoms with E-state index in [0.29, 0.717) is 24.5 Å². The third kappa shape index (κ3) is 4.61. The first-order valence-corrected chi connectivity index (χ1v) is 9.33. The van der Waals surface area contributed by atoms with Gasteiger partial charge in [0.25, 0.3) is 0 Å². The minimum absolute atomic E-state index is 0.0437. The zero-order valence-corrected chi connectivity index (χ0v) is 16.3. The molecule has 27 heavy (non-hydrogen) atoms. The largest absolute Gasteiger partial charge is 0.496 e. The van der Waals surface area contributed by atoms with Crippen LogP contribution in [0, 0.1) is 12.8 Å². The normalized spacial score (nSPS) is 16.5. The molecular formula is C21H23ClN2O3. The number of benzene rings is 2. The lowest BCUT2D eigenvalue weighted by Crippen LogP contribution is -2.34. The molecule has 3 rings (SSSR count). The summed E-state index contributed by atoms with van der Waals surface area (Å²) in [6.45, 7) is 2.92. The molecule has 1 fully saturated rings. The first-order chi connectivity index (χ1) is 13.0. The Morgan fingerprint density at radius 2 is 2.00 bits per heavy atom. The van der Waals surface area contributed by atoms with Crippen LogP contribution in [-0.2, 0) is 16.0 Å². The Balaban J connectivity index is 1.55. The van der Waals surface area contributed by atoms with E-state index >= 15 is 0 Å². The minimum atomic E-state index is -0.340. The van der Waals surface area contributed by atoms with E-state index in [1.807, 2.05) is 19.1 Å². The van der Waals surface area contributed by atoms with Gasteiger partial charge in [-0.15, -0.1) is 0 Å². The average molecular weight is 387 g/mol. The molecule has 5 nitrogen and oxygen atoms in total. The van der Waals surface area contributed by atoms with Gasteiger partial charge in [-0.25, -0.2) is 0 Å². The Labute approximate surface area is 164 Å². The highest BCUT2D eigenvalue weighted by atomic mass is 35.5. The molecule has 0 radical (unpaired) electrons. The van der Waals surface area contributed by atoms with E-state index in [2.05, 4.69) is 11.4 Å². The number of anilines is 1. The predicted molar refractivity (Wildman–Crippen MR) is 106 cm³/mol. The maximum absolute atomic E-state index is 12.5. The van der Waals surface area contributed by atoms with Crippen LogP contribution in [0.15, 0.2) is 42.5 Å². The highest BCUT2D eigenvalue weighted by Gasteiger charge is 2.34. The van der Waals surface area contributed by atoms with Crippen molar-refractivity contribution in [2.45, 2.75) is 19.8 Å². The zero-order chi connectivity index (χ0) is 19.4. The summed E-state index contributed by atoms with van der Waals surface area (Å²) >= 11 is 5.90. The first-order valence-electron chi connectivity index (χ1n) is 8.95. The lowest BCUT2D eigenvalue weighted by atomic mass is 10.1. The molecular weight excluding hydrogens is 364 g/mol. The van der Waals surface area contributed by atoms with E-state index < -0.39 is 0 Å². The fourth-order valence-electron chi connectivity index (χ4n) is 3.32. The zero-order valence-electron chi connectivity index (χ0n) is 15.5. The summed E-state index contributed by atoms with van der Waals surface area (Å²) in [5.41, 5.74) is 2.98. The van der Waals surface area contributed by atoms with Gasteiger partial charge in [-0.1, -0.05) is 29.3 Å². The lowest BCUT2D eigenvalue weighted by molar-refractivity contribution is -0.126. The molecule has 1 saturated heterocycles. The molecule has 1 unspecified atom stereocenters. The summed E-state index contributed by atoms with van der Waals surface area (Å²) in [5.74, 6) is 0.344. The number of rotatable bonds is 6. The number of hydrogen-bond donors (Lipinski definition) is 1. The van der Waals surface area contributed by atoms with Crippen LogP contribution in [0.25, 0.3) is 0 Å². The van der Waals surface area contributed by atoms with Crippen LogP contribution < -0.4 is 15.0 Å². The third-order valence-electron chi connectivity index (χ3n) is 4.76. The van der Waals surface area contributed by atoms with Crippen LogP contribution in [0.4, 0.5) is 5.69 Å². The van der Waals surface area contributed by atoms with Gasteiger partial charge in [0, 0.05) is 30.2 Å². The molecule has 142 valence electrons. The van der Waals surface area contributed by atoms with Crippen molar-refractivity contribution in [2.24, 2.45) is 5.92 Å². The fraction of sp³-hybridized carbons (Fsp3) is 0.333. The second kappa shape index (κ2) is 8.44. The van der Waals surface area contributed by atoms with Gasteiger partial charge in [0.1, 0.15) is 5.75 Å². The lowest BCUT2D eigenvalue weighted by Gasteiger charge is -2.17. The maximum atomic E-state index is 12.5. The van der Waals surface area contributed by atoms with Gasteiger partial charge in [0.05, 0.1) is 13.0 Å². The Morgan fingerprint density at radius 1 is 1.26 bits per heavy atom. The number of amides is 2. The topological polar surface area (TPSA) is 58.6 Å². The van der Waals surface area contributed by atoms with Crippen molar-refractivity contribution in [3.63, 3.8) is 0 Å². The number of methoxy groups -OCH3 is 1. The molecule has 1 aliphatic heterocycles. The second-order valence-electron chi connectivity index (χ2n) is 6.74. The fourth-order valence-corrected chi connectivity index (χ4v) is 3.45. The smallest absolute Gasteiger partial charge is 0.227 e. The van der Waals surface area contributed by atoms with E-state index in [1.54, 1.807) is 36.3 Å². The van der Waals surface area contributed by atoms with E-state index in [4.69, 9.17) is 16.3 Å². The van der Waals surface area contributed by atoms with Gasteiger partial charge in [0.2, 0.25) is 11.8 Å². The summed E-state index contributed by atoms with van der Waals surface area (Å²) in [6.07, 6.45) is 0.903. The van der Waals surface area contributed by atoms with Crippen molar-refractivity contribution >= 4 is 29.1 Å². The van der Waals surface area contributed by atoms with Gasteiger partial charge in [-0.05, 0) is 49.2 Å². The SMILES string of the molecule is COc1ccc(C)cc1CCNC(=O)C1CC(=O)N(c2ccc(Cl)cc2)C1. The van der Waals surface area contributed by atoms with Crippen molar-refractivity contribution < 1.29 is 14.3 Å². The highest BCUT2D eigenvalue weighted by molar-refractivity contribution is 6.30. The molecule has 2 amide bonds. The van der Waals surface area contributed by atoms with Crippen molar-refractivity contribution in [1.82, 2.24) is 5.32 Å².